The van der Waals surface area contributed by atoms with E-state index in [1.807, 2.05) is 0 Å². The Morgan fingerprint density at radius 1 is 0.382 bits per heavy atom. The first-order chi connectivity index (χ1) is 35.6. The lowest BCUT2D eigenvalue weighted by molar-refractivity contribution is 0.415. The van der Waals surface area contributed by atoms with Crippen LogP contribution in [0.2, 0.25) is 0 Å². The molecule has 0 aromatic heterocycles. The Morgan fingerprint density at radius 3 is 1.30 bits per heavy atom. The minimum atomic E-state index is -5.23. The van der Waals surface area contributed by atoms with Gasteiger partial charge >= 0.3 is 0 Å². The van der Waals surface area contributed by atoms with Gasteiger partial charge in [-0.3, -0.25) is 22.8 Å². The zero-order valence-electron chi connectivity index (χ0n) is 38.7. The topological polar surface area (TPSA) is 406 Å². The molecule has 76 heavy (non-hydrogen) atoms. The minimum absolute atomic E-state index is 0.0355. The number of nitrogens with one attached hydrogen (secondary N) is 1. The number of aromatic hydroxyl groups is 1. The predicted molar refractivity (Wildman–Crippen MR) is 271 cm³/mol. The molecule has 26 nitrogen and oxygen atoms in total. The van der Waals surface area contributed by atoms with E-state index >= 15 is 0 Å². The Balaban J connectivity index is 1.27. The summed E-state index contributed by atoms with van der Waals surface area (Å²) < 4.78 is 189. The van der Waals surface area contributed by atoms with Gasteiger partial charge in [0.1, 0.15) is 49.8 Å². The highest BCUT2D eigenvalue weighted by atomic mass is 32.2. The molecule has 0 saturated carbocycles. The highest BCUT2D eigenvalue weighted by Gasteiger charge is 2.26. The standard InChI is InChI=1S/C45H35N7O19S5/c1-69-26-7-4-24(5-8-26)46-25-6-12-30-23(16-25)17-41(76(66,67)68)44(45(30)53)52-51-43-32-14-10-28(73(57,58)59)19-34(32)37(22-39(43)71-3)49-50-42-31-13-9-27(72(54,55)56)18-33(31)36(21-38(42)70-2)48-47-35-15-11-29(74(60,61)62)20-40(35)75(63,64)65/h4-22,46,53H,1-3H3,(H,54,55,56)(H,57,58,59)(H,60,61,62)(H,63,64,65)(H,66,67,68). The Bertz CT molecular complexity index is 4430. The van der Waals surface area contributed by atoms with E-state index in [9.17, 15) is 70.0 Å². The quantitative estimate of drug-likeness (QED) is 0.0349. The van der Waals surface area contributed by atoms with Crippen molar-refractivity contribution in [2.75, 3.05) is 26.6 Å². The number of hydrogen-bond acceptors (Lipinski definition) is 21. The molecule has 0 unspecified atom stereocenters. The monoisotopic (exact) mass is 1140 g/mol. The van der Waals surface area contributed by atoms with Gasteiger partial charge in [-0.2, -0.15) is 42.1 Å². The molecule has 0 spiro atoms. The van der Waals surface area contributed by atoms with Crippen molar-refractivity contribution in [1.82, 2.24) is 0 Å². The Labute approximate surface area is 430 Å². The van der Waals surface area contributed by atoms with E-state index in [2.05, 4.69) is 36.0 Å². The summed E-state index contributed by atoms with van der Waals surface area (Å²) in [5.41, 5.74) is -1.24. The number of ether oxygens (including phenoxy) is 3. The molecule has 0 fully saturated rings. The van der Waals surface area contributed by atoms with Gasteiger partial charge in [-0.05, 0) is 96.4 Å². The first-order valence-corrected chi connectivity index (χ1v) is 28.1. The molecule has 0 radical (unpaired) electrons. The van der Waals surface area contributed by atoms with Crippen molar-refractivity contribution in [1.29, 1.82) is 0 Å². The molecule has 8 aromatic rings. The Kier molecular flexibility index (Phi) is 14.4. The van der Waals surface area contributed by atoms with Crippen LogP contribution in [0.1, 0.15) is 0 Å². The predicted octanol–water partition coefficient (Wildman–Crippen LogP) is 10.1. The third kappa shape index (κ3) is 11.3. The van der Waals surface area contributed by atoms with Gasteiger partial charge in [0.25, 0.3) is 50.6 Å². The van der Waals surface area contributed by atoms with Crippen LogP contribution in [-0.4, -0.2) is 91.3 Å². The summed E-state index contributed by atoms with van der Waals surface area (Å²) in [4.78, 5) is -4.25. The van der Waals surface area contributed by atoms with Gasteiger partial charge in [-0.15, -0.1) is 30.7 Å². The summed E-state index contributed by atoms with van der Waals surface area (Å²) in [5.74, 6) is -0.505. The third-order valence-corrected chi connectivity index (χ3v) is 15.4. The SMILES string of the molecule is COc1ccc(Nc2ccc3c(O)c(N=Nc4c(OC)cc(N=Nc5c(OC)cc(N=Nc6ccc(S(=O)(=O)O)cc6S(=O)(=O)O)c6cc(S(=O)(=O)O)ccc56)c5cc(S(=O)(=O)O)ccc45)c(S(=O)(=O)O)cc3c2)cc1. The molecule has 8 rings (SSSR count). The van der Waals surface area contributed by atoms with Crippen LogP contribution in [0.25, 0.3) is 32.3 Å². The van der Waals surface area contributed by atoms with E-state index in [1.165, 1.54) is 32.4 Å². The summed E-state index contributed by atoms with van der Waals surface area (Å²) in [5, 5.41) is 39.2. The number of phenols is 1. The zero-order valence-corrected chi connectivity index (χ0v) is 42.8. The molecule has 0 aliphatic rings. The van der Waals surface area contributed by atoms with Gasteiger partial charge in [0.15, 0.2) is 5.75 Å². The van der Waals surface area contributed by atoms with Gasteiger partial charge < -0.3 is 24.6 Å². The Hall–Kier alpha value is -8.11. The molecular weight excluding hydrogens is 1100 g/mol. The number of anilines is 2. The van der Waals surface area contributed by atoms with E-state index in [0.29, 0.717) is 23.2 Å². The van der Waals surface area contributed by atoms with Crippen molar-refractivity contribution in [3.63, 3.8) is 0 Å². The molecule has 0 heterocycles. The molecule has 0 saturated heterocycles. The van der Waals surface area contributed by atoms with Crippen LogP contribution in [0.5, 0.6) is 23.0 Å². The summed E-state index contributed by atoms with van der Waals surface area (Å²) >= 11 is 0. The second-order valence-corrected chi connectivity index (χ2v) is 22.8. The maximum Gasteiger partial charge on any atom is 0.296 e. The number of benzene rings is 8. The highest BCUT2D eigenvalue weighted by molar-refractivity contribution is 7.87. The van der Waals surface area contributed by atoms with E-state index < -0.39 is 92.2 Å². The molecule has 0 atom stereocenters. The fourth-order valence-corrected chi connectivity index (χ4v) is 10.4. The van der Waals surface area contributed by atoms with E-state index in [1.54, 1.807) is 30.3 Å². The van der Waals surface area contributed by atoms with Crippen LogP contribution in [-0.2, 0) is 50.6 Å². The zero-order chi connectivity index (χ0) is 55.3. The summed E-state index contributed by atoms with van der Waals surface area (Å²) in [6, 6.07) is 22.8. The molecule has 0 bridgehead atoms. The molecule has 0 aliphatic heterocycles. The number of hydrogen-bond donors (Lipinski definition) is 7. The van der Waals surface area contributed by atoms with Gasteiger partial charge in [0.05, 0.1) is 47.4 Å². The van der Waals surface area contributed by atoms with Crippen LogP contribution in [0.15, 0.2) is 170 Å². The largest absolute Gasteiger partial charge is 0.505 e. The van der Waals surface area contributed by atoms with Crippen LogP contribution < -0.4 is 19.5 Å². The number of azo groups is 3. The van der Waals surface area contributed by atoms with Gasteiger partial charge in [0.2, 0.25) is 0 Å². The van der Waals surface area contributed by atoms with Crippen molar-refractivity contribution in [3.8, 4) is 23.0 Å². The molecular formula is C45H35N7O19S5. The second-order valence-electron chi connectivity index (χ2n) is 15.8. The average molecular weight is 1140 g/mol. The molecule has 0 aliphatic carbocycles. The first-order valence-electron chi connectivity index (χ1n) is 20.9. The van der Waals surface area contributed by atoms with Crippen LogP contribution in [0.4, 0.5) is 45.5 Å². The Morgan fingerprint density at radius 2 is 0.816 bits per heavy atom. The normalized spacial score (nSPS) is 12.9. The average Bonchev–Trinajstić information content (AvgIpc) is 3.38. The number of rotatable bonds is 16. The third-order valence-electron chi connectivity index (χ3n) is 11.1. The molecule has 31 heteroatoms. The van der Waals surface area contributed by atoms with E-state index in [-0.39, 0.29) is 66.6 Å². The number of nitrogens with zero attached hydrogens (tertiary/aromatic N) is 6. The van der Waals surface area contributed by atoms with Crippen molar-refractivity contribution in [2.24, 2.45) is 30.7 Å². The highest BCUT2D eigenvalue weighted by Crippen LogP contribution is 2.48. The molecule has 0 amide bonds. The molecule has 394 valence electrons. The fraction of sp³-hybridized carbons (Fsp3) is 0.0667. The van der Waals surface area contributed by atoms with Crippen LogP contribution in [0.3, 0.4) is 0 Å². The molecule has 8 aromatic carbocycles. The van der Waals surface area contributed by atoms with Crippen molar-refractivity contribution < 1.29 is 84.2 Å². The van der Waals surface area contributed by atoms with E-state index in [0.717, 1.165) is 67.8 Å². The first kappa shape index (κ1) is 54.2. The number of methoxy groups -OCH3 is 3. The van der Waals surface area contributed by atoms with Crippen LogP contribution >= 0.6 is 0 Å². The maximum absolute atomic E-state index is 12.9. The number of phenolic OH excluding ortho intramolecular Hbond substituents is 1. The maximum atomic E-state index is 12.9. The van der Waals surface area contributed by atoms with Gasteiger partial charge in [0, 0.05) is 50.4 Å². The lowest BCUT2D eigenvalue weighted by Crippen LogP contribution is -2.03. The fourth-order valence-electron chi connectivity index (χ4n) is 7.51. The van der Waals surface area contributed by atoms with Gasteiger partial charge in [-0.25, -0.2) is 0 Å². The lowest BCUT2D eigenvalue weighted by Gasteiger charge is -2.13. The lowest BCUT2D eigenvalue weighted by atomic mass is 10.1. The summed E-state index contributed by atoms with van der Waals surface area (Å²) in [7, 11) is -21.3. The summed E-state index contributed by atoms with van der Waals surface area (Å²) in [6.07, 6.45) is 0. The van der Waals surface area contributed by atoms with E-state index in [4.69, 9.17) is 14.2 Å². The minimum Gasteiger partial charge on any atom is -0.505 e. The summed E-state index contributed by atoms with van der Waals surface area (Å²) in [6.45, 7) is 0. The van der Waals surface area contributed by atoms with Crippen molar-refractivity contribution in [3.05, 3.63) is 115 Å². The van der Waals surface area contributed by atoms with Crippen molar-refractivity contribution in [2.45, 2.75) is 24.5 Å². The van der Waals surface area contributed by atoms with Crippen molar-refractivity contribution >= 4 is 128 Å². The van der Waals surface area contributed by atoms with Gasteiger partial charge in [-0.1, -0.05) is 12.1 Å². The number of fused-ring (bicyclic) bond motifs is 3. The molecule has 7 N–H and O–H groups in total. The smallest absolute Gasteiger partial charge is 0.296 e. The second kappa shape index (κ2) is 20.2. The van der Waals surface area contributed by atoms with Crippen LogP contribution in [0, 0.1) is 0 Å².